The zero-order valence-corrected chi connectivity index (χ0v) is 16.1. The molecule has 136 valence electrons. The molecule has 1 fully saturated rings. The molecule has 1 aliphatic heterocycles. The summed E-state index contributed by atoms with van der Waals surface area (Å²) in [5.74, 6) is -0.165. The normalized spacial score (nSPS) is 16.1. The van der Waals surface area contributed by atoms with Crippen LogP contribution in [0.3, 0.4) is 0 Å². The van der Waals surface area contributed by atoms with Crippen LogP contribution in [0.1, 0.15) is 34.5 Å². The van der Waals surface area contributed by atoms with Crippen LogP contribution >= 0.6 is 23.7 Å². The topological polar surface area (TPSA) is 77.2 Å². The van der Waals surface area contributed by atoms with Crippen molar-refractivity contribution in [2.45, 2.75) is 38.6 Å². The van der Waals surface area contributed by atoms with E-state index in [0.717, 1.165) is 17.0 Å². The van der Waals surface area contributed by atoms with Crippen molar-refractivity contribution in [2.24, 2.45) is 5.73 Å². The third-order valence-corrected chi connectivity index (χ3v) is 5.47. The minimum atomic E-state index is -0.853. The van der Waals surface area contributed by atoms with E-state index in [9.17, 15) is 4.79 Å². The number of nitrogens with two attached hydrogens (primary N) is 1. The van der Waals surface area contributed by atoms with E-state index in [4.69, 9.17) is 10.5 Å². The number of hydrogen-bond acceptors (Lipinski definition) is 5. The number of anilines is 1. The molecular formula is C18H24ClN3O2S. The van der Waals surface area contributed by atoms with Gasteiger partial charge in [-0.25, -0.2) is 4.98 Å². The van der Waals surface area contributed by atoms with Crippen LogP contribution in [0.4, 0.5) is 5.13 Å². The predicted octanol–water partition coefficient (Wildman–Crippen LogP) is 3.22. The molecule has 5 nitrogen and oxygen atoms in total. The summed E-state index contributed by atoms with van der Waals surface area (Å²) in [6.07, 6.45) is 1.90. The number of aromatic nitrogens is 1. The van der Waals surface area contributed by atoms with Crippen LogP contribution in [0, 0.1) is 13.8 Å². The molecule has 1 aromatic carbocycles. The zero-order chi connectivity index (χ0) is 17.2. The summed E-state index contributed by atoms with van der Waals surface area (Å²) >= 11 is 1.52. The molecule has 0 spiro atoms. The first-order chi connectivity index (χ1) is 11.5. The molecule has 1 aliphatic rings. The first-order valence-corrected chi connectivity index (χ1v) is 8.98. The van der Waals surface area contributed by atoms with Gasteiger partial charge in [-0.15, -0.1) is 23.7 Å². The van der Waals surface area contributed by atoms with Gasteiger partial charge in [-0.3, -0.25) is 4.79 Å². The lowest BCUT2D eigenvalue weighted by atomic mass is 9.90. The Morgan fingerprint density at radius 3 is 2.76 bits per heavy atom. The van der Waals surface area contributed by atoms with Gasteiger partial charge in [0.25, 0.3) is 0 Å². The van der Waals surface area contributed by atoms with E-state index < -0.39 is 5.54 Å². The van der Waals surface area contributed by atoms with Gasteiger partial charge in [0, 0.05) is 24.5 Å². The van der Waals surface area contributed by atoms with Crippen molar-refractivity contribution in [1.82, 2.24) is 4.98 Å². The number of aryl methyl sites for hydroxylation is 2. The van der Waals surface area contributed by atoms with Crippen molar-refractivity contribution in [3.05, 3.63) is 46.0 Å². The Labute approximate surface area is 158 Å². The number of ether oxygens (including phenoxy) is 1. The lowest BCUT2D eigenvalue weighted by Crippen LogP contribution is -2.54. The summed E-state index contributed by atoms with van der Waals surface area (Å²) < 4.78 is 5.29. The van der Waals surface area contributed by atoms with Crippen molar-refractivity contribution in [3.8, 4) is 0 Å². The van der Waals surface area contributed by atoms with E-state index in [2.05, 4.69) is 41.5 Å². The number of benzene rings is 1. The minimum Gasteiger partial charge on any atom is -0.381 e. The second kappa shape index (κ2) is 8.27. The van der Waals surface area contributed by atoms with Gasteiger partial charge in [-0.2, -0.15) is 0 Å². The maximum atomic E-state index is 12.5. The molecule has 0 saturated carbocycles. The molecule has 3 N–H and O–H groups in total. The van der Waals surface area contributed by atoms with Crippen LogP contribution in [-0.4, -0.2) is 29.6 Å². The molecule has 0 aliphatic carbocycles. The molecule has 25 heavy (non-hydrogen) atoms. The molecule has 1 aromatic heterocycles. The molecule has 3 rings (SSSR count). The highest BCUT2D eigenvalue weighted by Crippen LogP contribution is 2.27. The van der Waals surface area contributed by atoms with Crippen molar-refractivity contribution < 1.29 is 9.53 Å². The molecule has 7 heteroatoms. The fraction of sp³-hybridized carbons (Fsp3) is 0.444. The maximum absolute atomic E-state index is 12.5. The first-order valence-electron chi connectivity index (χ1n) is 8.16. The molecule has 2 aromatic rings. The van der Waals surface area contributed by atoms with Crippen molar-refractivity contribution in [1.29, 1.82) is 0 Å². The van der Waals surface area contributed by atoms with Crippen LogP contribution in [0.5, 0.6) is 0 Å². The van der Waals surface area contributed by atoms with E-state index in [1.54, 1.807) is 0 Å². The second-order valence-corrected chi connectivity index (χ2v) is 7.50. The van der Waals surface area contributed by atoms with Crippen LogP contribution in [0.25, 0.3) is 0 Å². The smallest absolute Gasteiger partial charge is 0.246 e. The first kappa shape index (κ1) is 19.8. The van der Waals surface area contributed by atoms with Crippen LogP contribution < -0.4 is 11.1 Å². The van der Waals surface area contributed by atoms with E-state index in [0.29, 0.717) is 31.2 Å². The van der Waals surface area contributed by atoms with Gasteiger partial charge >= 0.3 is 0 Å². The Morgan fingerprint density at radius 2 is 2.08 bits per heavy atom. The Kier molecular flexibility index (Phi) is 6.57. The quantitative estimate of drug-likeness (QED) is 0.852. The average molecular weight is 382 g/mol. The third-order valence-electron chi connectivity index (χ3n) is 4.40. The number of amides is 1. The number of carbonyl (C=O) groups is 1. The van der Waals surface area contributed by atoms with Gasteiger partial charge in [0.15, 0.2) is 5.13 Å². The summed E-state index contributed by atoms with van der Waals surface area (Å²) in [5.41, 5.74) is 8.81. The van der Waals surface area contributed by atoms with Gasteiger partial charge in [0.2, 0.25) is 5.91 Å². The van der Waals surface area contributed by atoms with Gasteiger partial charge in [-0.05, 0) is 32.3 Å². The Morgan fingerprint density at radius 1 is 1.36 bits per heavy atom. The summed E-state index contributed by atoms with van der Waals surface area (Å²) in [6.45, 7) is 5.12. The van der Waals surface area contributed by atoms with Crippen LogP contribution in [0.15, 0.2) is 24.3 Å². The SMILES string of the molecule is Cc1cccc(Cc2sc(NC(=O)C3(N)CCOCC3)nc2C)c1.Cl. The van der Waals surface area contributed by atoms with E-state index in [-0.39, 0.29) is 18.3 Å². The highest BCUT2D eigenvalue weighted by Gasteiger charge is 2.36. The van der Waals surface area contributed by atoms with Crippen molar-refractivity contribution in [2.75, 3.05) is 18.5 Å². The average Bonchev–Trinajstić information content (AvgIpc) is 2.87. The summed E-state index contributed by atoms with van der Waals surface area (Å²) in [5, 5.41) is 3.52. The predicted molar refractivity (Wildman–Crippen MR) is 104 cm³/mol. The molecule has 0 unspecified atom stereocenters. The van der Waals surface area contributed by atoms with Crippen molar-refractivity contribution >= 4 is 34.8 Å². The third kappa shape index (κ3) is 4.79. The van der Waals surface area contributed by atoms with E-state index in [1.807, 2.05) is 6.92 Å². The number of rotatable bonds is 4. The Bertz CT molecular complexity index is 742. The largest absolute Gasteiger partial charge is 0.381 e. The summed E-state index contributed by atoms with van der Waals surface area (Å²) in [7, 11) is 0. The highest BCUT2D eigenvalue weighted by molar-refractivity contribution is 7.15. The molecule has 2 heterocycles. The molecule has 0 radical (unpaired) electrons. The maximum Gasteiger partial charge on any atom is 0.246 e. The van der Waals surface area contributed by atoms with Gasteiger partial charge in [-0.1, -0.05) is 29.8 Å². The Balaban J connectivity index is 0.00000225. The fourth-order valence-corrected chi connectivity index (χ4v) is 3.83. The van der Waals surface area contributed by atoms with E-state index >= 15 is 0 Å². The highest BCUT2D eigenvalue weighted by atomic mass is 35.5. The lowest BCUT2D eigenvalue weighted by Gasteiger charge is -2.31. The molecule has 1 amide bonds. The lowest BCUT2D eigenvalue weighted by molar-refractivity contribution is -0.124. The summed E-state index contributed by atoms with van der Waals surface area (Å²) in [6, 6.07) is 8.44. The summed E-state index contributed by atoms with van der Waals surface area (Å²) in [4.78, 5) is 18.1. The van der Waals surface area contributed by atoms with Crippen LogP contribution in [0.2, 0.25) is 0 Å². The second-order valence-electron chi connectivity index (χ2n) is 6.42. The molecule has 0 atom stereocenters. The molecule has 0 bridgehead atoms. The number of thiazole rings is 1. The minimum absolute atomic E-state index is 0. The number of nitrogens with one attached hydrogen (secondary N) is 1. The van der Waals surface area contributed by atoms with E-state index in [1.165, 1.54) is 22.5 Å². The Hall–Kier alpha value is -1.47. The van der Waals surface area contributed by atoms with Gasteiger partial charge in [0.1, 0.15) is 5.54 Å². The van der Waals surface area contributed by atoms with Gasteiger partial charge in [0.05, 0.1) is 5.69 Å². The number of nitrogens with zero attached hydrogens (tertiary/aromatic N) is 1. The monoisotopic (exact) mass is 381 g/mol. The van der Waals surface area contributed by atoms with Crippen LogP contribution in [-0.2, 0) is 16.0 Å². The molecular weight excluding hydrogens is 358 g/mol. The molecule has 1 saturated heterocycles. The zero-order valence-electron chi connectivity index (χ0n) is 14.5. The fourth-order valence-electron chi connectivity index (χ4n) is 2.84. The number of hydrogen-bond donors (Lipinski definition) is 2. The van der Waals surface area contributed by atoms with Crippen molar-refractivity contribution in [3.63, 3.8) is 0 Å². The van der Waals surface area contributed by atoms with Gasteiger partial charge < -0.3 is 15.8 Å². The number of halogens is 1. The standard InChI is InChI=1S/C18H23N3O2S.ClH/c1-12-4-3-5-14(10-12)11-15-13(2)20-17(24-15)21-16(22)18(19)6-8-23-9-7-18;/h3-5,10H,6-9,11,19H2,1-2H3,(H,20,21,22);1H. The number of carbonyl (C=O) groups excluding carboxylic acids is 1.